The molecule has 9 amide bonds. The van der Waals surface area contributed by atoms with Crippen LogP contribution < -0.4 is 52.5 Å². The van der Waals surface area contributed by atoms with Crippen molar-refractivity contribution >= 4 is 70.9 Å². The maximum absolute atomic E-state index is 15.4. The van der Waals surface area contributed by atoms with Gasteiger partial charge in [0.15, 0.2) is 23.0 Å². The summed E-state index contributed by atoms with van der Waals surface area (Å²) in [5.74, 6) is -4.12. The lowest BCUT2D eigenvalue weighted by Crippen LogP contribution is -2.53. The maximum atomic E-state index is 15.4. The van der Waals surface area contributed by atoms with Crippen LogP contribution in [0.2, 0.25) is 0 Å². The number of nitrogens with one attached hydrogen (secondary N) is 2. The van der Waals surface area contributed by atoms with Crippen LogP contribution in [0.15, 0.2) is 127 Å². The van der Waals surface area contributed by atoms with Crippen molar-refractivity contribution in [1.82, 2.24) is 49.8 Å². The molecule has 592 valence electrons. The molecule has 2 aliphatic rings. The van der Waals surface area contributed by atoms with Crippen LogP contribution in [-0.2, 0) is 80.3 Å². The van der Waals surface area contributed by atoms with Crippen LogP contribution >= 0.6 is 11.8 Å². The van der Waals surface area contributed by atoms with Gasteiger partial charge in [-0.2, -0.15) is 11.8 Å². The molecule has 0 saturated carbocycles. The number of carboxylic acids is 1. The standard InChI is InChI=1S/C79H110N14O15S/c1-109-44-32-65(79(103)104)85-70(94)50-86(38-16-12-34-81)72(96)52-89(41-29-60-19-5-2-6-20-60)74(98)54-91(43-31-62-23-9-4-10-24-62)75(99)53-90(42-30-61-21-7-3-8-22-61)73(97)51-87(39-17-13-35-82)77(101)57-93(49-64-26-28-67-69(46-64)108-59-106-67)78(102)55-88(40-18-14-36-83)76(100)56-92(71(95)47-84-37-15-11-33-80)48-63-25-27-66-68(45-63)107-58-105-66/h2-10,19-28,45-46,65,84H,11-18,29-44,47-59,80-83H2,1H3,(H,85,94)(H,103,104). The Labute approximate surface area is 643 Å². The molecule has 30 heteroatoms. The zero-order chi connectivity index (χ0) is 78.1. The van der Waals surface area contributed by atoms with Gasteiger partial charge in [0.1, 0.15) is 19.1 Å². The molecule has 2 heterocycles. The van der Waals surface area contributed by atoms with Gasteiger partial charge in [0, 0.05) is 52.4 Å². The van der Waals surface area contributed by atoms with Crippen molar-refractivity contribution in [2.24, 2.45) is 22.9 Å². The first kappa shape index (κ1) is 86.4. The second kappa shape index (κ2) is 47.8. The number of nitrogens with zero attached hydrogens (tertiary/aromatic N) is 8. The largest absolute Gasteiger partial charge is 0.480 e. The molecule has 0 aliphatic carbocycles. The maximum Gasteiger partial charge on any atom is 0.326 e. The number of rotatable bonds is 52. The van der Waals surface area contributed by atoms with E-state index in [2.05, 4.69) is 10.6 Å². The highest BCUT2D eigenvalue weighted by Crippen LogP contribution is 2.34. The predicted molar refractivity (Wildman–Crippen MR) is 414 cm³/mol. The number of fused-ring (bicyclic) bond motifs is 2. The summed E-state index contributed by atoms with van der Waals surface area (Å²) in [7, 11) is 0. The number of nitrogens with two attached hydrogens (primary N) is 4. The summed E-state index contributed by atoms with van der Waals surface area (Å²) in [6.07, 6.45) is 6.98. The molecule has 109 heavy (non-hydrogen) atoms. The fourth-order valence-corrected chi connectivity index (χ4v) is 12.7. The van der Waals surface area contributed by atoms with Crippen molar-refractivity contribution in [3.05, 3.63) is 155 Å². The number of ether oxygens (including phenoxy) is 4. The number of unbranched alkanes of at least 4 members (excludes halogenated alkanes) is 4. The summed E-state index contributed by atoms with van der Waals surface area (Å²) in [6.45, 7) is -2.31. The summed E-state index contributed by atoms with van der Waals surface area (Å²) >= 11 is 1.43. The number of amides is 9. The van der Waals surface area contributed by atoms with Crippen LogP contribution in [0.5, 0.6) is 23.0 Å². The molecule has 0 fully saturated rings. The monoisotopic (exact) mass is 1530 g/mol. The average Bonchev–Trinajstić information content (AvgIpc) is 1.81. The van der Waals surface area contributed by atoms with Crippen molar-refractivity contribution in [3.8, 4) is 23.0 Å². The lowest BCUT2D eigenvalue weighted by Gasteiger charge is -2.33. The topological polar surface area (TPSA) is 382 Å². The Hall–Kier alpha value is -9.85. The Morgan fingerprint density at radius 1 is 0.394 bits per heavy atom. The van der Waals surface area contributed by atoms with Gasteiger partial charge in [0.2, 0.25) is 66.8 Å². The molecule has 5 aromatic rings. The first-order valence-corrected chi connectivity index (χ1v) is 38.9. The molecule has 2 aliphatic heterocycles. The van der Waals surface area contributed by atoms with Crippen LogP contribution in [0.4, 0.5) is 0 Å². The normalized spacial score (nSPS) is 12.0. The van der Waals surface area contributed by atoms with E-state index in [1.165, 1.54) is 51.0 Å². The molecular weight excluding hydrogens is 1420 g/mol. The predicted octanol–water partition coefficient (Wildman–Crippen LogP) is 3.07. The van der Waals surface area contributed by atoms with Crippen molar-refractivity contribution < 1.29 is 72.0 Å². The Kier molecular flexibility index (Phi) is 37.9. The first-order chi connectivity index (χ1) is 52.9. The van der Waals surface area contributed by atoms with Crippen LogP contribution in [0.1, 0.15) is 85.6 Å². The smallest absolute Gasteiger partial charge is 0.326 e. The third kappa shape index (κ3) is 30.3. The molecule has 0 bridgehead atoms. The summed E-state index contributed by atoms with van der Waals surface area (Å²) in [6, 6.07) is 37.2. The van der Waals surface area contributed by atoms with Gasteiger partial charge in [0.05, 0.1) is 45.8 Å². The number of carbonyl (C=O) groups is 10. The second-order valence-electron chi connectivity index (χ2n) is 26.9. The molecule has 7 rings (SSSR count). The van der Waals surface area contributed by atoms with Gasteiger partial charge in [0.25, 0.3) is 0 Å². The van der Waals surface area contributed by atoms with Gasteiger partial charge in [-0.1, -0.05) is 103 Å². The van der Waals surface area contributed by atoms with E-state index >= 15 is 24.0 Å². The van der Waals surface area contributed by atoms with Gasteiger partial charge in [-0.25, -0.2) is 4.79 Å². The van der Waals surface area contributed by atoms with Gasteiger partial charge in [-0.05, 0) is 174 Å². The quantitative estimate of drug-likeness (QED) is 0.0275. The molecule has 0 aromatic heterocycles. The SMILES string of the molecule is CSCCC(NC(=O)CN(CCCCN)C(=O)CN(CCc1ccccc1)C(=O)CN(CCc1ccccc1)C(=O)CN(CCc1ccccc1)C(=O)CN(CCCCN)C(=O)CN(Cc1ccc2c(c1)OCO2)C(=O)CN(CCCCN)C(=O)CN(Cc1ccc2c(c1)OCO2)C(=O)CNCCCCN)C(=O)O. The Morgan fingerprint density at radius 3 is 1.09 bits per heavy atom. The first-order valence-electron chi connectivity index (χ1n) is 37.5. The highest BCUT2D eigenvalue weighted by molar-refractivity contribution is 7.98. The number of carbonyl (C=O) groups excluding carboxylic acids is 9. The van der Waals surface area contributed by atoms with E-state index in [-0.39, 0.29) is 104 Å². The van der Waals surface area contributed by atoms with Crippen LogP contribution in [0, 0.1) is 0 Å². The molecule has 0 saturated heterocycles. The van der Waals surface area contributed by atoms with E-state index < -0.39 is 112 Å². The van der Waals surface area contributed by atoms with Crippen LogP contribution in [0.25, 0.3) is 0 Å². The number of benzene rings is 5. The summed E-state index contributed by atoms with van der Waals surface area (Å²) in [4.78, 5) is 157. The molecular formula is C79H110N14O15S. The van der Waals surface area contributed by atoms with Crippen molar-refractivity contribution in [3.63, 3.8) is 0 Å². The van der Waals surface area contributed by atoms with E-state index in [4.69, 9.17) is 41.9 Å². The van der Waals surface area contributed by atoms with Gasteiger partial charge < -0.3 is 96.8 Å². The number of thioether (sulfide) groups is 1. The van der Waals surface area contributed by atoms with E-state index in [9.17, 15) is 29.1 Å². The highest BCUT2D eigenvalue weighted by Gasteiger charge is 2.33. The average molecular weight is 1530 g/mol. The van der Waals surface area contributed by atoms with Crippen molar-refractivity contribution in [2.45, 2.75) is 96.2 Å². The van der Waals surface area contributed by atoms with E-state index in [0.29, 0.717) is 111 Å². The minimum Gasteiger partial charge on any atom is -0.480 e. The van der Waals surface area contributed by atoms with Crippen LogP contribution in [0.3, 0.4) is 0 Å². The Bertz CT molecular complexity index is 3700. The molecule has 1 atom stereocenters. The number of aliphatic carboxylic acids is 1. The number of carboxylic acid groups (broad SMARTS) is 1. The molecule has 1 unspecified atom stereocenters. The fraction of sp³-hybridized carbons (Fsp3) is 0.494. The molecule has 0 radical (unpaired) electrons. The van der Waals surface area contributed by atoms with Crippen molar-refractivity contribution in [2.75, 3.05) is 156 Å². The summed E-state index contributed by atoms with van der Waals surface area (Å²) in [5, 5.41) is 15.6. The fourth-order valence-electron chi connectivity index (χ4n) is 12.3. The highest BCUT2D eigenvalue weighted by atomic mass is 32.2. The zero-order valence-electron chi connectivity index (χ0n) is 62.8. The minimum absolute atomic E-state index is 0.000411. The minimum atomic E-state index is -1.22. The third-order valence-electron chi connectivity index (χ3n) is 18.6. The van der Waals surface area contributed by atoms with Crippen molar-refractivity contribution in [1.29, 1.82) is 0 Å². The Balaban J connectivity index is 1.17. The zero-order valence-corrected chi connectivity index (χ0v) is 63.6. The third-order valence-corrected chi connectivity index (χ3v) is 19.2. The van der Waals surface area contributed by atoms with Crippen LogP contribution in [-0.4, -0.2) is 266 Å². The molecule has 11 N–H and O–H groups in total. The van der Waals surface area contributed by atoms with Gasteiger partial charge in [-0.15, -0.1) is 0 Å². The van der Waals surface area contributed by atoms with Gasteiger partial charge in [-0.3, -0.25) is 43.2 Å². The molecule has 5 aromatic carbocycles. The summed E-state index contributed by atoms with van der Waals surface area (Å²) < 4.78 is 22.5. The van der Waals surface area contributed by atoms with E-state index in [0.717, 1.165) is 29.5 Å². The van der Waals surface area contributed by atoms with E-state index in [1.807, 2.05) is 97.3 Å². The van der Waals surface area contributed by atoms with E-state index in [1.54, 1.807) is 36.4 Å². The molecule has 0 spiro atoms. The lowest BCUT2D eigenvalue weighted by atomic mass is 10.1. The Morgan fingerprint density at radius 2 is 0.725 bits per heavy atom. The number of hydrogen-bond donors (Lipinski definition) is 7. The van der Waals surface area contributed by atoms with Gasteiger partial charge >= 0.3 is 5.97 Å². The lowest BCUT2D eigenvalue weighted by molar-refractivity contribution is -0.149. The second-order valence-corrected chi connectivity index (χ2v) is 27.9. The number of hydrogen-bond acceptors (Lipinski definition) is 20. The molecule has 29 nitrogen and oxygen atoms in total. The summed E-state index contributed by atoms with van der Waals surface area (Å²) in [5.41, 5.74) is 27.4.